The van der Waals surface area contributed by atoms with Gasteiger partial charge < -0.3 is 23.9 Å². The Morgan fingerprint density at radius 3 is 2.45 bits per heavy atom. The summed E-state index contributed by atoms with van der Waals surface area (Å²) in [4.78, 5) is 25.6. The number of carbonyl (C=O) groups is 1. The van der Waals surface area contributed by atoms with E-state index in [1.807, 2.05) is 0 Å². The highest BCUT2D eigenvalue weighted by Gasteiger charge is 2.20. The van der Waals surface area contributed by atoms with Gasteiger partial charge in [0.25, 0.3) is 5.91 Å². The number of carbonyl (C=O) groups excluding carboxylic acids is 1. The summed E-state index contributed by atoms with van der Waals surface area (Å²) >= 11 is 0. The van der Waals surface area contributed by atoms with Crippen molar-refractivity contribution in [2.75, 3.05) is 26.1 Å². The first-order valence-corrected chi connectivity index (χ1v) is 9.97. The monoisotopic (exact) mass is 449 g/mol. The average molecular weight is 449 g/mol. The van der Waals surface area contributed by atoms with E-state index in [0.717, 1.165) is 0 Å². The summed E-state index contributed by atoms with van der Waals surface area (Å²) in [7, 11) is 3.00. The summed E-state index contributed by atoms with van der Waals surface area (Å²) in [5, 5.41) is 2.72. The van der Waals surface area contributed by atoms with E-state index < -0.39 is 23.8 Å². The van der Waals surface area contributed by atoms with Crippen LogP contribution in [0.4, 0.5) is 10.1 Å². The standard InChI is InChI=1S/C25H20FNO6/c1-30-20-12-11-15(13-21(20)31-2)24-25(23(29)16-7-3-6-10-19(16)33-24)32-14-22(28)27-18-9-5-4-8-17(18)26/h3-13H,14H2,1-2H3,(H,27,28). The molecule has 0 bridgehead atoms. The number of fused-ring (bicyclic) bond motifs is 1. The SMILES string of the molecule is COc1ccc(-c2oc3ccccc3c(=O)c2OCC(=O)Nc2ccccc2F)cc1OC. The minimum absolute atomic E-state index is 0.0109. The van der Waals surface area contributed by atoms with Crippen LogP contribution in [0, 0.1) is 5.82 Å². The number of benzene rings is 3. The molecular weight excluding hydrogens is 429 g/mol. The van der Waals surface area contributed by atoms with Crippen LogP contribution in [0.15, 0.2) is 75.9 Å². The Hall–Kier alpha value is -4.33. The molecule has 4 rings (SSSR count). The summed E-state index contributed by atoms with van der Waals surface area (Å²) in [5.41, 5.74) is 0.410. The third kappa shape index (κ3) is 4.50. The van der Waals surface area contributed by atoms with Crippen molar-refractivity contribution < 1.29 is 27.8 Å². The number of rotatable bonds is 7. The number of nitrogens with one attached hydrogen (secondary N) is 1. The number of ether oxygens (including phenoxy) is 3. The van der Waals surface area contributed by atoms with Gasteiger partial charge in [0, 0.05) is 5.56 Å². The maximum absolute atomic E-state index is 13.8. The molecule has 0 saturated heterocycles. The summed E-state index contributed by atoms with van der Waals surface area (Å²) in [6, 6.07) is 17.4. The lowest BCUT2D eigenvalue weighted by Crippen LogP contribution is -2.23. The fraction of sp³-hybridized carbons (Fsp3) is 0.120. The molecule has 1 amide bonds. The first-order valence-electron chi connectivity index (χ1n) is 9.97. The Balaban J connectivity index is 1.72. The van der Waals surface area contributed by atoms with E-state index in [1.54, 1.807) is 48.5 Å². The lowest BCUT2D eigenvalue weighted by molar-refractivity contribution is -0.118. The Bertz CT molecular complexity index is 1380. The fourth-order valence-corrected chi connectivity index (χ4v) is 3.31. The first kappa shape index (κ1) is 21.9. The minimum Gasteiger partial charge on any atom is -0.493 e. The quantitative estimate of drug-likeness (QED) is 0.443. The van der Waals surface area contributed by atoms with Crippen molar-refractivity contribution in [2.24, 2.45) is 0 Å². The largest absolute Gasteiger partial charge is 0.493 e. The maximum atomic E-state index is 13.8. The summed E-state index contributed by atoms with van der Waals surface area (Å²) in [6.45, 7) is -0.530. The predicted octanol–water partition coefficient (Wildman–Crippen LogP) is 4.63. The van der Waals surface area contributed by atoms with Gasteiger partial charge in [-0.2, -0.15) is 0 Å². The van der Waals surface area contributed by atoms with Gasteiger partial charge in [-0.25, -0.2) is 4.39 Å². The highest BCUT2D eigenvalue weighted by Crippen LogP contribution is 2.36. The number of para-hydroxylation sites is 2. The minimum atomic E-state index is -0.633. The Labute approximate surface area is 188 Å². The van der Waals surface area contributed by atoms with Crippen molar-refractivity contribution in [1.29, 1.82) is 0 Å². The molecule has 0 radical (unpaired) electrons. The van der Waals surface area contributed by atoms with Gasteiger partial charge >= 0.3 is 0 Å². The number of amides is 1. The fourth-order valence-electron chi connectivity index (χ4n) is 3.31. The van der Waals surface area contributed by atoms with Crippen LogP contribution in [0.3, 0.4) is 0 Å². The van der Waals surface area contributed by atoms with Crippen molar-refractivity contribution >= 4 is 22.6 Å². The predicted molar refractivity (Wildman–Crippen MR) is 122 cm³/mol. The van der Waals surface area contributed by atoms with E-state index in [9.17, 15) is 14.0 Å². The summed E-state index contributed by atoms with van der Waals surface area (Å²) in [5.74, 6) is -0.318. The van der Waals surface area contributed by atoms with Crippen LogP contribution in [-0.2, 0) is 4.79 Å². The van der Waals surface area contributed by atoms with Gasteiger partial charge in [0.05, 0.1) is 25.3 Å². The van der Waals surface area contributed by atoms with E-state index in [4.69, 9.17) is 18.6 Å². The Morgan fingerprint density at radius 1 is 0.970 bits per heavy atom. The molecule has 0 aliphatic heterocycles. The molecule has 0 unspecified atom stereocenters. The molecule has 1 N–H and O–H groups in total. The molecule has 0 saturated carbocycles. The lowest BCUT2D eigenvalue weighted by atomic mass is 10.1. The van der Waals surface area contributed by atoms with Crippen molar-refractivity contribution in [3.05, 3.63) is 82.8 Å². The van der Waals surface area contributed by atoms with Crippen LogP contribution in [0.25, 0.3) is 22.3 Å². The highest BCUT2D eigenvalue weighted by atomic mass is 19.1. The first-order chi connectivity index (χ1) is 16.0. The molecule has 168 valence electrons. The maximum Gasteiger partial charge on any atom is 0.262 e. The molecule has 0 spiro atoms. The smallest absolute Gasteiger partial charge is 0.262 e. The molecule has 33 heavy (non-hydrogen) atoms. The second kappa shape index (κ2) is 9.44. The van der Waals surface area contributed by atoms with Gasteiger partial charge in [-0.15, -0.1) is 0 Å². The molecule has 0 aliphatic rings. The average Bonchev–Trinajstić information content (AvgIpc) is 2.84. The molecule has 3 aromatic carbocycles. The molecule has 1 aromatic heterocycles. The normalized spacial score (nSPS) is 10.6. The summed E-state index contributed by atoms with van der Waals surface area (Å²) in [6.07, 6.45) is 0. The van der Waals surface area contributed by atoms with Crippen LogP contribution in [0.2, 0.25) is 0 Å². The van der Waals surface area contributed by atoms with E-state index in [1.165, 1.54) is 32.4 Å². The molecule has 1 heterocycles. The zero-order valence-corrected chi connectivity index (χ0v) is 17.9. The number of anilines is 1. The van der Waals surface area contributed by atoms with Crippen LogP contribution in [0.5, 0.6) is 17.2 Å². The highest BCUT2D eigenvalue weighted by molar-refractivity contribution is 5.92. The van der Waals surface area contributed by atoms with E-state index in [0.29, 0.717) is 28.0 Å². The molecule has 0 atom stereocenters. The van der Waals surface area contributed by atoms with Gasteiger partial charge in [-0.1, -0.05) is 24.3 Å². The van der Waals surface area contributed by atoms with Crippen molar-refractivity contribution in [3.8, 4) is 28.6 Å². The van der Waals surface area contributed by atoms with Gasteiger partial charge in [0.15, 0.2) is 23.9 Å². The topological polar surface area (TPSA) is 87.0 Å². The van der Waals surface area contributed by atoms with E-state index in [2.05, 4.69) is 5.32 Å². The molecule has 7 nitrogen and oxygen atoms in total. The van der Waals surface area contributed by atoms with Crippen molar-refractivity contribution in [3.63, 3.8) is 0 Å². The van der Waals surface area contributed by atoms with Gasteiger partial charge in [0.2, 0.25) is 11.2 Å². The number of hydrogen-bond acceptors (Lipinski definition) is 6. The molecular formula is C25H20FNO6. The van der Waals surface area contributed by atoms with Crippen LogP contribution in [-0.4, -0.2) is 26.7 Å². The molecule has 0 fully saturated rings. The Morgan fingerprint density at radius 2 is 1.70 bits per heavy atom. The zero-order valence-electron chi connectivity index (χ0n) is 17.9. The second-order valence-corrected chi connectivity index (χ2v) is 6.97. The zero-order chi connectivity index (χ0) is 23.4. The van der Waals surface area contributed by atoms with Gasteiger partial charge in [-0.05, 0) is 42.5 Å². The lowest BCUT2D eigenvalue weighted by Gasteiger charge is -2.14. The molecule has 8 heteroatoms. The molecule has 0 aliphatic carbocycles. The van der Waals surface area contributed by atoms with Gasteiger partial charge in [0.1, 0.15) is 11.4 Å². The second-order valence-electron chi connectivity index (χ2n) is 6.97. The Kier molecular flexibility index (Phi) is 6.26. The van der Waals surface area contributed by atoms with Crippen molar-refractivity contribution in [1.82, 2.24) is 0 Å². The van der Waals surface area contributed by atoms with E-state index >= 15 is 0 Å². The van der Waals surface area contributed by atoms with Crippen molar-refractivity contribution in [2.45, 2.75) is 0 Å². The number of methoxy groups -OCH3 is 2. The van der Waals surface area contributed by atoms with Crippen LogP contribution in [0.1, 0.15) is 0 Å². The third-order valence-corrected chi connectivity index (χ3v) is 4.90. The third-order valence-electron chi connectivity index (χ3n) is 4.90. The number of halogens is 1. The van der Waals surface area contributed by atoms with Crippen LogP contribution < -0.4 is 25.0 Å². The van der Waals surface area contributed by atoms with E-state index in [-0.39, 0.29) is 17.2 Å². The van der Waals surface area contributed by atoms with Gasteiger partial charge in [-0.3, -0.25) is 9.59 Å². The summed E-state index contributed by atoms with van der Waals surface area (Å²) < 4.78 is 36.0. The van der Waals surface area contributed by atoms with Crippen LogP contribution >= 0.6 is 0 Å². The molecule has 4 aromatic rings. The number of hydrogen-bond donors (Lipinski definition) is 1.